The molecule has 4 nitrogen and oxygen atoms in total. The summed E-state index contributed by atoms with van der Waals surface area (Å²) in [6, 6.07) is 14.8. The van der Waals surface area contributed by atoms with Gasteiger partial charge >= 0.3 is 6.09 Å². The number of carbonyl (C=O) groups excluding carboxylic acids is 1. The molecule has 163 valence electrons. The minimum atomic E-state index is -0.874. The van der Waals surface area contributed by atoms with Crippen molar-refractivity contribution in [2.45, 2.75) is 78.8 Å². The minimum Gasteiger partial charge on any atom is -0.444 e. The summed E-state index contributed by atoms with van der Waals surface area (Å²) in [4.78, 5) is 12.0. The zero-order chi connectivity index (χ0) is 22.5. The second-order valence-electron chi connectivity index (χ2n) is 9.80. The highest BCUT2D eigenvalue weighted by Gasteiger charge is 2.24. The fourth-order valence-electron chi connectivity index (χ4n) is 2.82. The zero-order valence-corrected chi connectivity index (χ0v) is 20.7. The Hall–Kier alpha value is -2.11. The molecule has 0 aliphatic heterocycles. The van der Waals surface area contributed by atoms with Crippen molar-refractivity contribution in [1.29, 1.82) is 0 Å². The highest BCUT2D eigenvalue weighted by Crippen LogP contribution is 2.29. The van der Waals surface area contributed by atoms with E-state index in [2.05, 4.69) is 76.0 Å². The van der Waals surface area contributed by atoms with Gasteiger partial charge in [-0.05, 0) is 79.2 Å². The molecular weight excluding hydrogens is 390 g/mol. The van der Waals surface area contributed by atoms with Gasteiger partial charge in [0.15, 0.2) is 0 Å². The first kappa shape index (κ1) is 24.2. The van der Waals surface area contributed by atoms with Crippen LogP contribution in [0.2, 0.25) is 11.6 Å². The van der Waals surface area contributed by atoms with Crippen LogP contribution in [0.4, 0.5) is 4.79 Å². The zero-order valence-electron chi connectivity index (χ0n) is 19.7. The van der Waals surface area contributed by atoms with Crippen LogP contribution < -0.4 is 5.32 Å². The molecule has 0 saturated heterocycles. The Kier molecular flexibility index (Phi) is 7.89. The van der Waals surface area contributed by atoms with Gasteiger partial charge in [-0.25, -0.2) is 4.79 Å². The van der Waals surface area contributed by atoms with Crippen LogP contribution in [0.1, 0.15) is 58.2 Å². The summed E-state index contributed by atoms with van der Waals surface area (Å²) < 4.78 is 11.5. The molecule has 0 aromatic heterocycles. The average molecular weight is 427 g/mol. The van der Waals surface area contributed by atoms with Crippen molar-refractivity contribution < 1.29 is 14.0 Å². The number of carbonyl (C=O) groups is 1. The molecular formula is C25H36NO3Si. The first-order valence-electron chi connectivity index (χ1n) is 10.5. The monoisotopic (exact) mass is 426 g/mol. The van der Waals surface area contributed by atoms with Crippen LogP contribution in [0, 0.1) is 6.92 Å². The van der Waals surface area contributed by atoms with E-state index in [0.717, 1.165) is 16.7 Å². The third-order valence-electron chi connectivity index (χ3n) is 4.89. The molecule has 2 rings (SSSR count). The first-order chi connectivity index (χ1) is 13.8. The Labute approximate surface area is 183 Å². The normalized spacial score (nSPS) is 12.2. The molecule has 0 fully saturated rings. The molecule has 0 heterocycles. The van der Waals surface area contributed by atoms with Gasteiger partial charge in [0.05, 0.1) is 6.61 Å². The van der Waals surface area contributed by atoms with Gasteiger partial charge in [-0.2, -0.15) is 0 Å². The van der Waals surface area contributed by atoms with Crippen molar-refractivity contribution in [1.82, 2.24) is 5.32 Å². The standard InChI is InChI=1S/C25H36NO3Si/c1-18-12-13-19(16-26-23(27)29-24(2,3)4)15-22(18)21-11-9-10-20(14-21)17-28-30(8)25(5,6)7/h9-15H,16-17H2,1-8H3,(H,26,27). The molecule has 1 N–H and O–H groups in total. The van der Waals surface area contributed by atoms with Gasteiger partial charge < -0.3 is 14.5 Å². The lowest BCUT2D eigenvalue weighted by atomic mass is 9.97. The lowest BCUT2D eigenvalue weighted by Gasteiger charge is -2.24. The molecule has 0 bridgehead atoms. The Morgan fingerprint density at radius 2 is 1.70 bits per heavy atom. The molecule has 2 aromatic carbocycles. The number of aryl methyl sites for hydroxylation is 1. The molecule has 1 radical (unpaired) electrons. The van der Waals surface area contributed by atoms with E-state index in [1.807, 2.05) is 26.8 Å². The number of ether oxygens (including phenoxy) is 1. The number of alkyl carbamates (subject to hydrolysis) is 1. The predicted octanol–water partition coefficient (Wildman–Crippen LogP) is 6.62. The lowest BCUT2D eigenvalue weighted by Crippen LogP contribution is -2.32. The van der Waals surface area contributed by atoms with Crippen LogP contribution in [-0.2, 0) is 22.3 Å². The van der Waals surface area contributed by atoms with Crippen LogP contribution in [-0.4, -0.2) is 20.7 Å². The number of rotatable bonds is 6. The molecule has 5 heteroatoms. The summed E-state index contributed by atoms with van der Waals surface area (Å²) in [6.07, 6.45) is -0.403. The maximum absolute atomic E-state index is 12.0. The van der Waals surface area contributed by atoms with Crippen molar-refractivity contribution in [2.75, 3.05) is 0 Å². The second-order valence-corrected chi connectivity index (χ2v) is 12.7. The Morgan fingerprint density at radius 1 is 1.00 bits per heavy atom. The molecule has 0 aliphatic rings. The predicted molar refractivity (Wildman–Crippen MR) is 126 cm³/mol. The Balaban J connectivity index is 2.12. The van der Waals surface area contributed by atoms with Gasteiger partial charge in [0.2, 0.25) is 9.04 Å². The summed E-state index contributed by atoms with van der Waals surface area (Å²) in [5.74, 6) is 0. The van der Waals surface area contributed by atoms with Gasteiger partial charge in [-0.1, -0.05) is 51.1 Å². The number of hydrogen-bond donors (Lipinski definition) is 1. The molecule has 1 amide bonds. The smallest absolute Gasteiger partial charge is 0.407 e. The van der Waals surface area contributed by atoms with Gasteiger partial charge in [0, 0.05) is 6.54 Å². The third-order valence-corrected chi connectivity index (χ3v) is 7.58. The Morgan fingerprint density at radius 3 is 2.33 bits per heavy atom. The van der Waals surface area contributed by atoms with Crippen LogP contribution in [0.25, 0.3) is 11.1 Å². The SMILES string of the molecule is Cc1ccc(CNC(=O)OC(C)(C)C)cc1-c1cccc(CO[Si](C)C(C)(C)C)c1. The van der Waals surface area contributed by atoms with Gasteiger partial charge in [-0.15, -0.1) is 0 Å². The summed E-state index contributed by atoms with van der Waals surface area (Å²) in [5, 5.41) is 3.05. The van der Waals surface area contributed by atoms with E-state index >= 15 is 0 Å². The number of nitrogens with one attached hydrogen (secondary N) is 1. The molecule has 0 unspecified atom stereocenters. The van der Waals surface area contributed by atoms with Crippen molar-refractivity contribution in [3.8, 4) is 11.1 Å². The number of amides is 1. The second kappa shape index (κ2) is 9.80. The summed E-state index contributed by atoms with van der Waals surface area (Å²) in [7, 11) is -0.874. The van der Waals surface area contributed by atoms with Gasteiger partial charge in [-0.3, -0.25) is 0 Å². The van der Waals surface area contributed by atoms with Gasteiger partial charge in [0.25, 0.3) is 0 Å². The van der Waals surface area contributed by atoms with Crippen molar-refractivity contribution in [2.24, 2.45) is 0 Å². The fraction of sp³-hybridized carbons (Fsp3) is 0.480. The molecule has 0 spiro atoms. The average Bonchev–Trinajstić information content (AvgIpc) is 2.63. The molecule has 0 saturated carbocycles. The van der Waals surface area contributed by atoms with Crippen LogP contribution in [0.3, 0.4) is 0 Å². The first-order valence-corrected chi connectivity index (χ1v) is 12.4. The van der Waals surface area contributed by atoms with Crippen LogP contribution in [0.5, 0.6) is 0 Å². The third kappa shape index (κ3) is 7.61. The van der Waals surface area contributed by atoms with E-state index < -0.39 is 20.7 Å². The molecule has 2 aromatic rings. The van der Waals surface area contributed by atoms with E-state index in [1.54, 1.807) is 0 Å². The maximum Gasteiger partial charge on any atom is 0.407 e. The fourth-order valence-corrected chi connectivity index (χ4v) is 3.63. The molecule has 30 heavy (non-hydrogen) atoms. The summed E-state index contributed by atoms with van der Waals surface area (Å²) in [5.41, 5.74) is 5.24. The van der Waals surface area contributed by atoms with E-state index in [-0.39, 0.29) is 5.04 Å². The summed E-state index contributed by atoms with van der Waals surface area (Å²) in [6.45, 7) is 17.7. The molecule has 0 atom stereocenters. The highest BCUT2D eigenvalue weighted by atomic mass is 28.3. The quantitative estimate of drug-likeness (QED) is 0.528. The topological polar surface area (TPSA) is 47.6 Å². The highest BCUT2D eigenvalue weighted by molar-refractivity contribution is 6.53. The van der Waals surface area contributed by atoms with E-state index in [4.69, 9.17) is 9.16 Å². The lowest BCUT2D eigenvalue weighted by molar-refractivity contribution is 0.0523. The maximum atomic E-state index is 12.0. The van der Waals surface area contributed by atoms with Crippen molar-refractivity contribution in [3.05, 3.63) is 59.2 Å². The van der Waals surface area contributed by atoms with Crippen LogP contribution >= 0.6 is 0 Å². The number of hydrogen-bond acceptors (Lipinski definition) is 3. The van der Waals surface area contributed by atoms with E-state index in [9.17, 15) is 4.79 Å². The van der Waals surface area contributed by atoms with Crippen molar-refractivity contribution in [3.63, 3.8) is 0 Å². The molecule has 0 aliphatic carbocycles. The van der Waals surface area contributed by atoms with Gasteiger partial charge in [0.1, 0.15) is 5.60 Å². The van der Waals surface area contributed by atoms with E-state index in [1.165, 1.54) is 11.1 Å². The minimum absolute atomic E-state index is 0.217. The Bertz CT molecular complexity index is 865. The summed E-state index contributed by atoms with van der Waals surface area (Å²) >= 11 is 0. The van der Waals surface area contributed by atoms with Crippen molar-refractivity contribution >= 4 is 15.1 Å². The largest absolute Gasteiger partial charge is 0.444 e. The van der Waals surface area contributed by atoms with E-state index in [0.29, 0.717) is 13.2 Å². The number of benzene rings is 2. The van der Waals surface area contributed by atoms with Crippen LogP contribution in [0.15, 0.2) is 42.5 Å².